The minimum absolute atomic E-state index is 0.294. The van der Waals surface area contributed by atoms with Crippen LogP contribution in [0, 0.1) is 5.82 Å². The maximum atomic E-state index is 13.4. The normalized spacial score (nSPS) is 16.6. The second kappa shape index (κ2) is 5.84. The van der Waals surface area contributed by atoms with Crippen molar-refractivity contribution < 1.29 is 4.39 Å². The third-order valence-electron chi connectivity index (χ3n) is 3.87. The van der Waals surface area contributed by atoms with Gasteiger partial charge in [0.15, 0.2) is 0 Å². The maximum absolute atomic E-state index is 13.4. The standard InChI is InChI=1S/C16H17ClFNS/c17-13-7-6-11(18)9-12(13)16(19)15-8-10-4-2-1-3-5-14(10)20-15/h6-9,16H,1-5,19H2. The average molecular weight is 310 g/mol. The highest BCUT2D eigenvalue weighted by Crippen LogP contribution is 2.35. The van der Waals surface area contributed by atoms with Gasteiger partial charge in [0.2, 0.25) is 0 Å². The Bertz CT molecular complexity index is 599. The van der Waals surface area contributed by atoms with Crippen LogP contribution >= 0.6 is 22.9 Å². The summed E-state index contributed by atoms with van der Waals surface area (Å²) in [5.74, 6) is -0.294. The third-order valence-corrected chi connectivity index (χ3v) is 5.53. The summed E-state index contributed by atoms with van der Waals surface area (Å²) in [6.45, 7) is 0. The van der Waals surface area contributed by atoms with Gasteiger partial charge in [0, 0.05) is 14.8 Å². The van der Waals surface area contributed by atoms with Gasteiger partial charge in [-0.05, 0) is 61.1 Å². The zero-order chi connectivity index (χ0) is 14.1. The molecule has 2 aromatic rings. The molecule has 1 heterocycles. The summed E-state index contributed by atoms with van der Waals surface area (Å²) < 4.78 is 13.4. The molecule has 1 atom stereocenters. The molecule has 0 radical (unpaired) electrons. The second-order valence-corrected chi connectivity index (χ2v) is 6.88. The molecule has 1 aliphatic carbocycles. The van der Waals surface area contributed by atoms with Gasteiger partial charge in [-0.1, -0.05) is 18.0 Å². The van der Waals surface area contributed by atoms with E-state index in [2.05, 4.69) is 6.07 Å². The predicted molar refractivity (Wildman–Crippen MR) is 83.0 cm³/mol. The molecule has 0 amide bonds. The second-order valence-electron chi connectivity index (χ2n) is 5.30. The lowest BCUT2D eigenvalue weighted by Crippen LogP contribution is -2.11. The molecule has 3 rings (SSSR count). The van der Waals surface area contributed by atoms with E-state index in [0.29, 0.717) is 10.6 Å². The molecule has 1 aliphatic rings. The van der Waals surface area contributed by atoms with E-state index in [1.54, 1.807) is 17.4 Å². The number of hydrogen-bond acceptors (Lipinski definition) is 2. The number of hydrogen-bond donors (Lipinski definition) is 1. The van der Waals surface area contributed by atoms with Gasteiger partial charge in [0.05, 0.1) is 6.04 Å². The third kappa shape index (κ3) is 2.76. The van der Waals surface area contributed by atoms with Gasteiger partial charge >= 0.3 is 0 Å². The van der Waals surface area contributed by atoms with E-state index >= 15 is 0 Å². The molecular weight excluding hydrogens is 293 g/mol. The van der Waals surface area contributed by atoms with E-state index in [4.69, 9.17) is 17.3 Å². The molecule has 1 nitrogen and oxygen atoms in total. The van der Waals surface area contributed by atoms with Gasteiger partial charge in [0.1, 0.15) is 5.82 Å². The Hall–Kier alpha value is -0.900. The molecule has 0 aliphatic heterocycles. The molecule has 2 N–H and O–H groups in total. The summed E-state index contributed by atoms with van der Waals surface area (Å²) in [7, 11) is 0. The van der Waals surface area contributed by atoms with Crippen molar-refractivity contribution in [3.63, 3.8) is 0 Å². The zero-order valence-corrected chi connectivity index (χ0v) is 12.7. The molecule has 0 spiro atoms. The first kappa shape index (κ1) is 14.1. The highest BCUT2D eigenvalue weighted by Gasteiger charge is 2.19. The molecule has 4 heteroatoms. The van der Waals surface area contributed by atoms with E-state index in [0.717, 1.165) is 17.7 Å². The Morgan fingerprint density at radius 2 is 1.95 bits per heavy atom. The Labute approximate surface area is 127 Å². The van der Waals surface area contributed by atoms with Gasteiger partial charge in [0.25, 0.3) is 0 Å². The lowest BCUT2D eigenvalue weighted by atomic mass is 10.0. The molecule has 20 heavy (non-hydrogen) atoms. The molecule has 1 aromatic heterocycles. The Kier molecular flexibility index (Phi) is 4.11. The van der Waals surface area contributed by atoms with Crippen molar-refractivity contribution >= 4 is 22.9 Å². The van der Waals surface area contributed by atoms with Crippen molar-refractivity contribution in [1.29, 1.82) is 0 Å². The maximum Gasteiger partial charge on any atom is 0.123 e. The largest absolute Gasteiger partial charge is 0.320 e. The molecule has 0 saturated carbocycles. The van der Waals surface area contributed by atoms with E-state index in [1.807, 2.05) is 0 Å². The number of thiophene rings is 1. The van der Waals surface area contributed by atoms with Crippen LogP contribution in [0.3, 0.4) is 0 Å². The fraction of sp³-hybridized carbons (Fsp3) is 0.375. The minimum atomic E-state index is -0.338. The van der Waals surface area contributed by atoms with Crippen molar-refractivity contribution in [1.82, 2.24) is 0 Å². The fourth-order valence-electron chi connectivity index (χ4n) is 2.75. The first-order valence-corrected chi connectivity index (χ1v) is 8.16. The molecule has 0 fully saturated rings. The SMILES string of the molecule is NC(c1cc2c(s1)CCCCC2)c1cc(F)ccc1Cl. The van der Waals surface area contributed by atoms with E-state index in [-0.39, 0.29) is 11.9 Å². The summed E-state index contributed by atoms with van der Waals surface area (Å²) in [6.07, 6.45) is 6.08. The average Bonchev–Trinajstić information content (AvgIpc) is 2.72. The number of halogens is 2. The van der Waals surface area contributed by atoms with Gasteiger partial charge < -0.3 is 5.73 Å². The zero-order valence-electron chi connectivity index (χ0n) is 11.2. The van der Waals surface area contributed by atoms with E-state index in [1.165, 1.54) is 41.8 Å². The van der Waals surface area contributed by atoms with Gasteiger partial charge in [-0.25, -0.2) is 4.39 Å². The van der Waals surface area contributed by atoms with Crippen LogP contribution in [0.5, 0.6) is 0 Å². The van der Waals surface area contributed by atoms with Crippen LogP contribution in [-0.4, -0.2) is 0 Å². The number of fused-ring (bicyclic) bond motifs is 1. The lowest BCUT2D eigenvalue weighted by Gasteiger charge is -2.12. The molecule has 0 saturated heterocycles. The van der Waals surface area contributed by atoms with E-state index < -0.39 is 0 Å². The van der Waals surface area contributed by atoms with Gasteiger partial charge in [-0.2, -0.15) is 0 Å². The van der Waals surface area contributed by atoms with E-state index in [9.17, 15) is 4.39 Å². The van der Waals surface area contributed by atoms with Crippen LogP contribution in [0.2, 0.25) is 5.02 Å². The van der Waals surface area contributed by atoms with Crippen LogP contribution in [0.15, 0.2) is 24.3 Å². The predicted octanol–water partition coefficient (Wildman–Crippen LogP) is 4.86. The minimum Gasteiger partial charge on any atom is -0.320 e. The number of benzene rings is 1. The highest BCUT2D eigenvalue weighted by atomic mass is 35.5. The monoisotopic (exact) mass is 309 g/mol. The molecule has 106 valence electrons. The van der Waals surface area contributed by atoms with Crippen molar-refractivity contribution in [2.45, 2.75) is 38.1 Å². The van der Waals surface area contributed by atoms with Gasteiger partial charge in [-0.15, -0.1) is 11.3 Å². The number of rotatable bonds is 2. The van der Waals surface area contributed by atoms with Crippen LogP contribution in [0.4, 0.5) is 4.39 Å². The molecule has 1 unspecified atom stereocenters. The van der Waals surface area contributed by atoms with Gasteiger partial charge in [-0.3, -0.25) is 0 Å². The quantitative estimate of drug-likeness (QED) is 0.788. The van der Waals surface area contributed by atoms with Crippen LogP contribution in [-0.2, 0) is 12.8 Å². The number of nitrogens with two attached hydrogens (primary N) is 1. The van der Waals surface area contributed by atoms with Crippen LogP contribution in [0.25, 0.3) is 0 Å². The Morgan fingerprint density at radius 1 is 1.15 bits per heavy atom. The Morgan fingerprint density at radius 3 is 2.80 bits per heavy atom. The van der Waals surface area contributed by atoms with Crippen molar-refractivity contribution in [3.8, 4) is 0 Å². The lowest BCUT2D eigenvalue weighted by molar-refractivity contribution is 0.624. The van der Waals surface area contributed by atoms with Crippen LogP contribution in [0.1, 0.15) is 46.2 Å². The van der Waals surface area contributed by atoms with Crippen molar-refractivity contribution in [2.24, 2.45) is 5.73 Å². The van der Waals surface area contributed by atoms with Crippen LogP contribution < -0.4 is 5.73 Å². The summed E-state index contributed by atoms with van der Waals surface area (Å²) in [6, 6.07) is 6.23. The van der Waals surface area contributed by atoms with Crippen molar-refractivity contribution in [2.75, 3.05) is 0 Å². The molecular formula is C16H17ClFNS. The first-order valence-electron chi connectivity index (χ1n) is 6.97. The molecule has 0 bridgehead atoms. The topological polar surface area (TPSA) is 26.0 Å². The Balaban J connectivity index is 1.94. The summed E-state index contributed by atoms with van der Waals surface area (Å²) >= 11 is 7.91. The summed E-state index contributed by atoms with van der Waals surface area (Å²) in [4.78, 5) is 2.53. The number of aryl methyl sites for hydroxylation is 2. The highest BCUT2D eigenvalue weighted by molar-refractivity contribution is 7.12. The summed E-state index contributed by atoms with van der Waals surface area (Å²) in [5.41, 5.74) is 8.39. The summed E-state index contributed by atoms with van der Waals surface area (Å²) in [5, 5.41) is 0.530. The molecule has 1 aromatic carbocycles. The first-order chi connectivity index (χ1) is 9.65. The van der Waals surface area contributed by atoms with Crippen molar-refractivity contribution in [3.05, 3.63) is 56.0 Å². The smallest absolute Gasteiger partial charge is 0.123 e. The fourth-order valence-corrected chi connectivity index (χ4v) is 4.26.